The van der Waals surface area contributed by atoms with E-state index in [-0.39, 0.29) is 78.8 Å². The number of amidine groups is 1. The van der Waals surface area contributed by atoms with Crippen LogP contribution in [0.25, 0.3) is 11.2 Å². The molecule has 0 aliphatic heterocycles. The molecule has 0 saturated carbocycles. The topological polar surface area (TPSA) is 407 Å². The van der Waals surface area contributed by atoms with Gasteiger partial charge in [0, 0.05) is 63.0 Å². The van der Waals surface area contributed by atoms with E-state index in [4.69, 9.17) is 31.4 Å². The van der Waals surface area contributed by atoms with Crippen LogP contribution < -0.4 is 48.9 Å². The number of unbranched alkanes of at least 4 members (excludes halogenated alkanes) is 2. The van der Waals surface area contributed by atoms with Gasteiger partial charge in [0.25, 0.3) is 11.5 Å². The molecule has 486 valence electrons. The van der Waals surface area contributed by atoms with Crippen molar-refractivity contribution >= 4 is 87.7 Å². The number of amides is 4. The summed E-state index contributed by atoms with van der Waals surface area (Å²) in [6.45, 7) is 12.8. The largest absolute Gasteiger partial charge is 0.471 e. The monoisotopic (exact) mass is 1240 g/mol. The molecule has 0 saturated heterocycles. The summed E-state index contributed by atoms with van der Waals surface area (Å²) in [6.07, 6.45) is -3.50. The van der Waals surface area contributed by atoms with Crippen molar-refractivity contribution in [3.8, 4) is 0 Å². The maximum absolute atomic E-state index is 14.6. The van der Waals surface area contributed by atoms with E-state index in [2.05, 4.69) is 51.2 Å². The van der Waals surface area contributed by atoms with Gasteiger partial charge in [0.15, 0.2) is 22.9 Å². The lowest BCUT2D eigenvalue weighted by molar-refractivity contribution is -0.170. The third-order valence-corrected chi connectivity index (χ3v) is 13.1. The Kier molecular flexibility index (Phi) is 29.0. The van der Waals surface area contributed by atoms with Gasteiger partial charge in [0.2, 0.25) is 17.8 Å². The number of aliphatic imine (C=N–C) groups is 2. The second-order valence-electron chi connectivity index (χ2n) is 22.8. The molecule has 5 atom stereocenters. The molecule has 88 heavy (non-hydrogen) atoms. The Morgan fingerprint density at radius 1 is 0.750 bits per heavy atom. The molecule has 0 unspecified atom stereocenters. The third-order valence-electron chi connectivity index (χ3n) is 13.1. The van der Waals surface area contributed by atoms with E-state index < -0.39 is 145 Å². The van der Waals surface area contributed by atoms with Gasteiger partial charge < -0.3 is 52.7 Å². The minimum atomic E-state index is -5.40. The van der Waals surface area contributed by atoms with Crippen LogP contribution in [0.5, 0.6) is 0 Å². The van der Waals surface area contributed by atoms with Crippen molar-refractivity contribution < 1.29 is 70.5 Å². The number of aromatic nitrogens is 4. The molecular formula is C58H85F3N14O13. The van der Waals surface area contributed by atoms with Gasteiger partial charge in [0.05, 0.1) is 49.8 Å². The minimum absolute atomic E-state index is 0.0261. The molecular weight excluding hydrogens is 1160 g/mol. The van der Waals surface area contributed by atoms with Crippen LogP contribution in [0.15, 0.2) is 45.2 Å². The highest BCUT2D eigenvalue weighted by Gasteiger charge is 2.43. The molecule has 3 rings (SSSR count). The fourth-order valence-corrected chi connectivity index (χ4v) is 8.69. The van der Waals surface area contributed by atoms with Crippen molar-refractivity contribution in [2.45, 2.75) is 187 Å². The average molecular weight is 1240 g/mol. The predicted octanol–water partition coefficient (Wildman–Crippen LogP) is 4.08. The lowest BCUT2D eigenvalue weighted by Gasteiger charge is -2.26. The summed E-state index contributed by atoms with van der Waals surface area (Å²) in [7, 11) is 2.68. The van der Waals surface area contributed by atoms with E-state index in [0.29, 0.717) is 30.0 Å². The van der Waals surface area contributed by atoms with Gasteiger partial charge in [-0.2, -0.15) is 18.2 Å². The molecule has 2 heterocycles. The van der Waals surface area contributed by atoms with Gasteiger partial charge in [0.1, 0.15) is 29.1 Å². The Morgan fingerprint density at radius 3 is 1.98 bits per heavy atom. The van der Waals surface area contributed by atoms with E-state index >= 15 is 0 Å². The minimum Gasteiger partial charge on any atom is -0.467 e. The lowest BCUT2D eigenvalue weighted by atomic mass is 9.90. The van der Waals surface area contributed by atoms with Crippen LogP contribution in [-0.4, -0.2) is 148 Å². The third kappa shape index (κ3) is 25.8. The second-order valence-corrected chi connectivity index (χ2v) is 22.8. The Balaban J connectivity index is 1.96. The summed E-state index contributed by atoms with van der Waals surface area (Å²) < 4.78 is 58.1. The molecule has 0 aliphatic carbocycles. The number of hydrogen-bond donors (Lipinski definition) is 8. The number of aromatic amines is 1. The second kappa shape index (κ2) is 34.7. The van der Waals surface area contributed by atoms with Crippen LogP contribution in [0.3, 0.4) is 0 Å². The number of Topliss-reactive ketones (excluding diaryl/α,β-unsaturated/α-hetero) is 2. The highest BCUT2D eigenvalue weighted by molar-refractivity contribution is 6.00. The molecule has 2 aromatic heterocycles. The summed E-state index contributed by atoms with van der Waals surface area (Å²) in [4.78, 5) is 159. The smallest absolute Gasteiger partial charge is 0.467 e. The number of methoxy groups -OCH3 is 1. The van der Waals surface area contributed by atoms with E-state index in [1.807, 2.05) is 6.92 Å². The highest BCUT2D eigenvalue weighted by atomic mass is 19.4. The van der Waals surface area contributed by atoms with Gasteiger partial charge in [-0.05, 0) is 104 Å². The van der Waals surface area contributed by atoms with Crippen molar-refractivity contribution in [1.82, 2.24) is 41.2 Å². The maximum Gasteiger partial charge on any atom is 0.471 e. The van der Waals surface area contributed by atoms with Gasteiger partial charge in [-0.1, -0.05) is 33.1 Å². The molecule has 11 N–H and O–H groups in total. The fraction of sp³-hybridized carbons (Fsp3) is 0.603. The molecule has 0 aliphatic rings. The standard InChI is InChI=1S/C58H85F3N14O13/c1-11-13-14-18-40(51(83)86-10)71-48(80)34(17-15-27-67-54(63)65-9)29-42(77)39(19-16-26-66-43(62)12-2)70-49(81)35(30-44(78)87-56(3,4)5)28-38(76)24-25-41(52(84)88-57(6,7)8)72-47(79)33-20-22-37(23-21-33)75(53(85)58(59,60)61)32-36-31-68-46-45(69-36)50(82)74-55(64)73-46/h20-23,31,34-35,39-41H,11-19,24-30,32H2,1-10H3,(H2,62,66)(H,70,81)(H,71,80)(H,72,79)(H3,63,65,67)(H3,64,68,73,74,82)/t34-,35+,39+,40+,41+/m1/s1. The number of guanidine groups is 1. The number of nitrogens with one attached hydrogen (secondary N) is 5. The summed E-state index contributed by atoms with van der Waals surface area (Å²) >= 11 is 0. The number of carbonyl (C=O) groups excluding carboxylic acids is 9. The number of benzene rings is 1. The molecule has 4 amide bonds. The quantitative estimate of drug-likeness (QED) is 0.0137. The zero-order valence-corrected chi connectivity index (χ0v) is 51.7. The van der Waals surface area contributed by atoms with Crippen LogP contribution in [0.2, 0.25) is 0 Å². The van der Waals surface area contributed by atoms with E-state index in [1.165, 1.54) is 14.2 Å². The molecule has 30 heteroatoms. The average Bonchev–Trinajstić information content (AvgIpc) is 1.24. The van der Waals surface area contributed by atoms with Crippen LogP contribution in [-0.2, 0) is 59.1 Å². The summed E-state index contributed by atoms with van der Waals surface area (Å²) in [5, 5.41) is 10.9. The van der Waals surface area contributed by atoms with E-state index in [0.717, 1.165) is 43.3 Å². The number of ketones is 2. The number of hydrogen-bond acceptors (Lipinski definition) is 19. The highest BCUT2D eigenvalue weighted by Crippen LogP contribution is 2.27. The van der Waals surface area contributed by atoms with Crippen molar-refractivity contribution in [1.29, 1.82) is 0 Å². The molecule has 0 spiro atoms. The first-order valence-electron chi connectivity index (χ1n) is 28.9. The molecule has 0 bridgehead atoms. The Hall–Kier alpha value is -8.60. The van der Waals surface area contributed by atoms with Crippen molar-refractivity contribution in [3.05, 3.63) is 52.1 Å². The lowest BCUT2D eigenvalue weighted by Crippen LogP contribution is -2.48. The Bertz CT molecular complexity index is 3030. The van der Waals surface area contributed by atoms with Gasteiger partial charge >= 0.3 is 30.0 Å². The molecule has 1 aromatic carbocycles. The Labute approximate surface area is 508 Å². The van der Waals surface area contributed by atoms with Crippen LogP contribution in [0, 0.1) is 11.8 Å². The van der Waals surface area contributed by atoms with Crippen molar-refractivity contribution in [2.24, 2.45) is 33.3 Å². The number of halogens is 3. The van der Waals surface area contributed by atoms with Crippen molar-refractivity contribution in [3.63, 3.8) is 0 Å². The number of anilines is 2. The van der Waals surface area contributed by atoms with Crippen molar-refractivity contribution in [2.75, 3.05) is 37.9 Å². The number of esters is 3. The van der Waals surface area contributed by atoms with E-state index in [1.54, 1.807) is 48.5 Å². The summed E-state index contributed by atoms with van der Waals surface area (Å²) in [5.41, 5.74) is 12.9. The molecule has 3 aromatic rings. The fourth-order valence-electron chi connectivity index (χ4n) is 8.69. The number of nitrogen functional groups attached to an aromatic ring is 1. The number of carbonyl (C=O) groups is 9. The van der Waals surface area contributed by atoms with Gasteiger partial charge in [-0.25, -0.2) is 19.6 Å². The van der Waals surface area contributed by atoms with Crippen LogP contribution in [0.4, 0.5) is 24.8 Å². The SMILES string of the molecule is CCCCC[C@H](NC(=O)[C@H](CCCNC(N)=NC)CC(=O)[C@H](CCCN=C(N)CC)NC(=O)[C@@H](CC(=O)CC[C@H](NC(=O)c1ccc(N(Cc2cnc3nc(N)[nH]c(=O)c3n2)C(=O)C(F)(F)F)cc1)C(=O)OC(C)(C)C)CC(=O)OC(C)(C)C)C(=O)OC. The van der Waals surface area contributed by atoms with Gasteiger partial charge in [-0.15, -0.1) is 0 Å². The number of rotatable bonds is 34. The summed E-state index contributed by atoms with van der Waals surface area (Å²) in [5.74, 6) is -10.9. The Morgan fingerprint density at radius 2 is 1.38 bits per heavy atom. The molecule has 27 nitrogen and oxygen atoms in total. The van der Waals surface area contributed by atoms with Crippen LogP contribution in [0.1, 0.15) is 161 Å². The predicted molar refractivity (Wildman–Crippen MR) is 320 cm³/mol. The van der Waals surface area contributed by atoms with Crippen LogP contribution >= 0.6 is 0 Å². The maximum atomic E-state index is 14.6. The number of alkyl halides is 3. The summed E-state index contributed by atoms with van der Waals surface area (Å²) in [6, 6.07) is 0.300. The first-order chi connectivity index (χ1) is 41.2. The number of ether oxygens (including phenoxy) is 3. The molecule has 0 fully saturated rings. The number of H-pyrrole nitrogens is 1. The van der Waals surface area contributed by atoms with E-state index in [9.17, 15) is 61.1 Å². The van der Waals surface area contributed by atoms with Gasteiger partial charge in [-0.3, -0.25) is 58.2 Å². The number of nitrogens with two attached hydrogens (primary N) is 3. The molecule has 0 radical (unpaired) electrons. The first-order valence-corrected chi connectivity index (χ1v) is 28.9. The normalized spacial score (nSPS) is 13.9. The number of fused-ring (bicyclic) bond motifs is 1. The first kappa shape index (κ1) is 73.7. The zero-order valence-electron chi connectivity index (χ0n) is 51.7. The number of nitrogens with zero attached hydrogens (tertiary/aromatic N) is 6. The zero-order chi connectivity index (χ0) is 66.1.